The monoisotopic (exact) mass is 170 g/mol. The standard InChI is InChI=1S/C10H22N2/c1-8(2)6-12-7-9-4-5-10(9)11-3/h8-12H,4-7H2,1-3H3. The number of hydrogen-bond donors (Lipinski definition) is 2. The molecule has 0 heterocycles. The topological polar surface area (TPSA) is 24.1 Å². The minimum Gasteiger partial charge on any atom is -0.317 e. The van der Waals surface area contributed by atoms with Crippen molar-refractivity contribution in [2.75, 3.05) is 20.1 Å². The summed E-state index contributed by atoms with van der Waals surface area (Å²) in [6.45, 7) is 6.86. The van der Waals surface area contributed by atoms with Gasteiger partial charge in [0.1, 0.15) is 0 Å². The fourth-order valence-corrected chi connectivity index (χ4v) is 1.75. The molecule has 12 heavy (non-hydrogen) atoms. The summed E-state index contributed by atoms with van der Waals surface area (Å²) in [6.07, 6.45) is 2.77. The Hall–Kier alpha value is -0.0800. The van der Waals surface area contributed by atoms with Crippen molar-refractivity contribution in [2.24, 2.45) is 11.8 Å². The quantitative estimate of drug-likeness (QED) is 0.648. The van der Waals surface area contributed by atoms with E-state index in [0.29, 0.717) is 0 Å². The summed E-state index contributed by atoms with van der Waals surface area (Å²) < 4.78 is 0. The molecular formula is C10H22N2. The van der Waals surface area contributed by atoms with E-state index in [1.165, 1.54) is 19.4 Å². The highest BCUT2D eigenvalue weighted by Gasteiger charge is 2.28. The Morgan fingerprint density at radius 2 is 2.08 bits per heavy atom. The van der Waals surface area contributed by atoms with Gasteiger partial charge in [0.05, 0.1) is 0 Å². The zero-order valence-electron chi connectivity index (χ0n) is 8.56. The van der Waals surface area contributed by atoms with Crippen LogP contribution in [0.15, 0.2) is 0 Å². The highest BCUT2D eigenvalue weighted by Crippen LogP contribution is 2.26. The van der Waals surface area contributed by atoms with Gasteiger partial charge in [0.2, 0.25) is 0 Å². The largest absolute Gasteiger partial charge is 0.317 e. The van der Waals surface area contributed by atoms with Crippen LogP contribution in [0.25, 0.3) is 0 Å². The Kier molecular flexibility index (Phi) is 4.02. The van der Waals surface area contributed by atoms with Crippen molar-refractivity contribution in [2.45, 2.75) is 32.7 Å². The fourth-order valence-electron chi connectivity index (χ4n) is 1.75. The summed E-state index contributed by atoms with van der Waals surface area (Å²) in [6, 6.07) is 0.782. The number of nitrogens with one attached hydrogen (secondary N) is 2. The van der Waals surface area contributed by atoms with E-state index < -0.39 is 0 Å². The molecule has 72 valence electrons. The maximum atomic E-state index is 3.51. The second-order valence-electron chi connectivity index (χ2n) is 4.28. The molecular weight excluding hydrogens is 148 g/mol. The Balaban J connectivity index is 2.00. The molecule has 0 radical (unpaired) electrons. The van der Waals surface area contributed by atoms with Crippen molar-refractivity contribution < 1.29 is 0 Å². The van der Waals surface area contributed by atoms with Crippen molar-refractivity contribution in [3.05, 3.63) is 0 Å². The summed E-state index contributed by atoms with van der Waals surface area (Å²) in [5, 5.41) is 6.86. The Morgan fingerprint density at radius 1 is 1.33 bits per heavy atom. The molecule has 1 fully saturated rings. The summed E-state index contributed by atoms with van der Waals surface area (Å²) in [5.41, 5.74) is 0. The molecule has 0 bridgehead atoms. The maximum absolute atomic E-state index is 3.51. The SMILES string of the molecule is CNC1CCC1CNCC(C)C. The first-order valence-electron chi connectivity index (χ1n) is 5.12. The molecule has 0 aromatic rings. The van der Waals surface area contributed by atoms with Crippen LogP contribution >= 0.6 is 0 Å². The molecule has 0 saturated heterocycles. The first-order chi connectivity index (χ1) is 5.74. The second kappa shape index (κ2) is 4.83. The molecule has 2 nitrogen and oxygen atoms in total. The van der Waals surface area contributed by atoms with Crippen LogP contribution in [0.1, 0.15) is 26.7 Å². The van der Waals surface area contributed by atoms with Crippen LogP contribution in [-0.4, -0.2) is 26.2 Å². The first kappa shape index (κ1) is 10.0. The Morgan fingerprint density at radius 3 is 2.50 bits per heavy atom. The van der Waals surface area contributed by atoms with Crippen LogP contribution in [0.3, 0.4) is 0 Å². The molecule has 1 aliphatic rings. The van der Waals surface area contributed by atoms with Gasteiger partial charge in [-0.25, -0.2) is 0 Å². The lowest BCUT2D eigenvalue weighted by Gasteiger charge is -2.36. The van der Waals surface area contributed by atoms with Gasteiger partial charge in [-0.3, -0.25) is 0 Å². The predicted molar refractivity (Wildman–Crippen MR) is 53.3 cm³/mol. The van der Waals surface area contributed by atoms with Gasteiger partial charge in [0.15, 0.2) is 0 Å². The van der Waals surface area contributed by atoms with Gasteiger partial charge < -0.3 is 10.6 Å². The van der Waals surface area contributed by atoms with E-state index in [0.717, 1.165) is 24.4 Å². The van der Waals surface area contributed by atoms with Gasteiger partial charge in [-0.1, -0.05) is 13.8 Å². The highest BCUT2D eigenvalue weighted by molar-refractivity contribution is 4.86. The smallest absolute Gasteiger partial charge is 0.0105 e. The first-order valence-corrected chi connectivity index (χ1v) is 5.12. The molecule has 0 aliphatic heterocycles. The van der Waals surface area contributed by atoms with Gasteiger partial charge >= 0.3 is 0 Å². The van der Waals surface area contributed by atoms with E-state index in [1.807, 2.05) is 0 Å². The zero-order valence-corrected chi connectivity index (χ0v) is 8.56. The minimum atomic E-state index is 0.776. The van der Waals surface area contributed by atoms with Gasteiger partial charge in [-0.15, -0.1) is 0 Å². The summed E-state index contributed by atoms with van der Waals surface area (Å²) >= 11 is 0. The third-order valence-electron chi connectivity index (χ3n) is 2.75. The van der Waals surface area contributed by atoms with Gasteiger partial charge in [0.25, 0.3) is 0 Å². The minimum absolute atomic E-state index is 0.776. The van der Waals surface area contributed by atoms with E-state index in [-0.39, 0.29) is 0 Å². The third-order valence-corrected chi connectivity index (χ3v) is 2.75. The summed E-state index contributed by atoms with van der Waals surface area (Å²) in [5.74, 6) is 1.66. The van der Waals surface area contributed by atoms with Crippen molar-refractivity contribution in [3.8, 4) is 0 Å². The highest BCUT2D eigenvalue weighted by atomic mass is 14.9. The molecule has 0 aromatic heterocycles. The third kappa shape index (κ3) is 2.76. The van der Waals surface area contributed by atoms with Crippen LogP contribution in [0.2, 0.25) is 0 Å². The van der Waals surface area contributed by atoms with Gasteiger partial charge in [-0.05, 0) is 44.8 Å². The molecule has 1 saturated carbocycles. The molecule has 0 amide bonds. The van der Waals surface area contributed by atoms with E-state index in [4.69, 9.17) is 0 Å². The molecule has 0 spiro atoms. The van der Waals surface area contributed by atoms with Crippen molar-refractivity contribution in [1.29, 1.82) is 0 Å². The lowest BCUT2D eigenvalue weighted by atomic mass is 9.79. The number of rotatable bonds is 5. The normalized spacial score (nSPS) is 29.0. The molecule has 1 rings (SSSR count). The Bertz CT molecular complexity index is 121. The summed E-state index contributed by atoms with van der Waals surface area (Å²) in [4.78, 5) is 0. The number of hydrogen-bond acceptors (Lipinski definition) is 2. The van der Waals surface area contributed by atoms with Crippen LogP contribution in [0.5, 0.6) is 0 Å². The lowest BCUT2D eigenvalue weighted by Crippen LogP contribution is -2.47. The summed E-state index contributed by atoms with van der Waals surface area (Å²) in [7, 11) is 2.07. The average Bonchev–Trinajstić information content (AvgIpc) is 1.96. The Labute approximate surface area is 76.1 Å². The zero-order chi connectivity index (χ0) is 8.97. The van der Waals surface area contributed by atoms with Crippen molar-refractivity contribution >= 4 is 0 Å². The van der Waals surface area contributed by atoms with E-state index >= 15 is 0 Å². The van der Waals surface area contributed by atoms with Crippen LogP contribution in [-0.2, 0) is 0 Å². The predicted octanol–water partition coefficient (Wildman–Crippen LogP) is 1.23. The molecule has 2 unspecified atom stereocenters. The molecule has 0 aromatic carbocycles. The maximum Gasteiger partial charge on any atom is 0.0105 e. The van der Waals surface area contributed by atoms with E-state index in [1.54, 1.807) is 0 Å². The van der Waals surface area contributed by atoms with Crippen LogP contribution in [0, 0.1) is 11.8 Å². The second-order valence-corrected chi connectivity index (χ2v) is 4.28. The average molecular weight is 170 g/mol. The van der Waals surface area contributed by atoms with Gasteiger partial charge in [-0.2, -0.15) is 0 Å². The van der Waals surface area contributed by atoms with Crippen molar-refractivity contribution in [1.82, 2.24) is 10.6 Å². The van der Waals surface area contributed by atoms with Crippen molar-refractivity contribution in [3.63, 3.8) is 0 Å². The molecule has 2 heteroatoms. The fraction of sp³-hybridized carbons (Fsp3) is 1.00. The van der Waals surface area contributed by atoms with Crippen LogP contribution in [0.4, 0.5) is 0 Å². The van der Waals surface area contributed by atoms with Gasteiger partial charge in [0, 0.05) is 6.04 Å². The lowest BCUT2D eigenvalue weighted by molar-refractivity contribution is 0.213. The molecule has 2 atom stereocenters. The van der Waals surface area contributed by atoms with Crippen LogP contribution < -0.4 is 10.6 Å². The molecule has 1 aliphatic carbocycles. The van der Waals surface area contributed by atoms with E-state index in [9.17, 15) is 0 Å². The van der Waals surface area contributed by atoms with E-state index in [2.05, 4.69) is 31.5 Å². The molecule has 2 N–H and O–H groups in total.